The summed E-state index contributed by atoms with van der Waals surface area (Å²) in [5, 5.41) is 1.52. The average molecular weight is 368 g/mol. The number of benzene rings is 1. The molecule has 0 aliphatic rings. The molecule has 132 valence electrons. The van der Waals surface area contributed by atoms with Crippen LogP contribution in [-0.4, -0.2) is 22.0 Å². The third kappa shape index (κ3) is 5.10. The minimum atomic E-state index is -5.66. The Labute approximate surface area is 137 Å². The molecule has 0 fully saturated rings. The highest BCUT2D eigenvalue weighted by Crippen LogP contribution is 2.28. The molecule has 8 heteroatoms. The average Bonchev–Trinajstić information content (AvgIpc) is 2.47. The monoisotopic (exact) mass is 368 g/mol. The number of allylic oxidation sites excluding steroid dienone is 2. The molecule has 0 bridgehead atoms. The molecule has 0 saturated heterocycles. The van der Waals surface area contributed by atoms with Crippen LogP contribution in [0, 0.1) is 0 Å². The van der Waals surface area contributed by atoms with Gasteiger partial charge < -0.3 is 4.18 Å². The summed E-state index contributed by atoms with van der Waals surface area (Å²) in [6, 6.07) is 5.96. The SMILES string of the molecule is C/C=C(\C)[Si](C)(C)c1ccccc1OS(=O)(=O)C(F)(F)F.CC. The Morgan fingerprint density at radius 3 is 2.09 bits per heavy atom. The van der Waals surface area contributed by atoms with Crippen LogP contribution in [0.5, 0.6) is 5.75 Å². The zero-order chi connectivity index (χ0) is 18.5. The van der Waals surface area contributed by atoms with Crippen molar-refractivity contribution >= 4 is 23.4 Å². The van der Waals surface area contributed by atoms with E-state index in [9.17, 15) is 21.6 Å². The standard InChI is InChI=1S/C13H17F3O3SSi.C2H6/c1-5-10(2)21(3,4)12-9-7-6-8-11(12)19-20(17,18)13(14,15)16;1-2/h5-9H,1-4H3;1-2H3/b10-5+;. The lowest BCUT2D eigenvalue weighted by molar-refractivity contribution is -0.0499. The van der Waals surface area contributed by atoms with E-state index >= 15 is 0 Å². The van der Waals surface area contributed by atoms with Gasteiger partial charge in [0.15, 0.2) is 0 Å². The number of hydrogen-bond acceptors (Lipinski definition) is 3. The quantitative estimate of drug-likeness (QED) is 0.450. The third-order valence-electron chi connectivity index (χ3n) is 3.46. The molecule has 23 heavy (non-hydrogen) atoms. The van der Waals surface area contributed by atoms with E-state index in [0.717, 1.165) is 5.20 Å². The topological polar surface area (TPSA) is 43.4 Å². The van der Waals surface area contributed by atoms with Gasteiger partial charge in [0, 0.05) is 0 Å². The van der Waals surface area contributed by atoms with Crippen LogP contribution in [-0.2, 0) is 10.1 Å². The van der Waals surface area contributed by atoms with Crippen molar-refractivity contribution in [3.63, 3.8) is 0 Å². The highest BCUT2D eigenvalue weighted by Gasteiger charge is 2.49. The molecule has 0 atom stereocenters. The van der Waals surface area contributed by atoms with E-state index in [1.807, 2.05) is 46.9 Å². The molecule has 0 aliphatic heterocycles. The van der Waals surface area contributed by atoms with E-state index in [1.54, 1.807) is 12.1 Å². The van der Waals surface area contributed by atoms with E-state index < -0.39 is 23.7 Å². The summed E-state index contributed by atoms with van der Waals surface area (Å²) in [4.78, 5) is 0. The van der Waals surface area contributed by atoms with Gasteiger partial charge in [-0.3, -0.25) is 0 Å². The fourth-order valence-electron chi connectivity index (χ4n) is 1.79. The fraction of sp³-hybridized carbons (Fsp3) is 0.467. The zero-order valence-corrected chi connectivity index (χ0v) is 16.0. The van der Waals surface area contributed by atoms with Gasteiger partial charge in [0.2, 0.25) is 0 Å². The van der Waals surface area contributed by atoms with Crippen LogP contribution in [0.1, 0.15) is 27.7 Å². The van der Waals surface area contributed by atoms with Crippen molar-refractivity contribution in [3.05, 3.63) is 35.5 Å². The van der Waals surface area contributed by atoms with E-state index in [2.05, 4.69) is 4.18 Å². The summed E-state index contributed by atoms with van der Waals surface area (Å²) in [5.74, 6) is -0.257. The maximum atomic E-state index is 12.5. The maximum Gasteiger partial charge on any atom is 0.534 e. The Morgan fingerprint density at radius 1 is 1.17 bits per heavy atom. The van der Waals surface area contributed by atoms with E-state index in [0.29, 0.717) is 5.19 Å². The smallest absolute Gasteiger partial charge is 0.376 e. The molecule has 1 aromatic rings. The van der Waals surface area contributed by atoms with Gasteiger partial charge in [-0.05, 0) is 25.1 Å². The number of para-hydroxylation sites is 1. The van der Waals surface area contributed by atoms with Gasteiger partial charge in [-0.2, -0.15) is 21.6 Å². The summed E-state index contributed by atoms with van der Waals surface area (Å²) >= 11 is 0. The van der Waals surface area contributed by atoms with Gasteiger partial charge in [0.1, 0.15) is 13.8 Å². The normalized spacial score (nSPS) is 13.2. The molecule has 3 nitrogen and oxygen atoms in total. The first-order valence-electron chi connectivity index (χ1n) is 7.17. The Balaban J connectivity index is 0.00000232. The predicted octanol–water partition coefficient (Wildman–Crippen LogP) is 4.36. The van der Waals surface area contributed by atoms with Gasteiger partial charge in [-0.15, -0.1) is 0 Å². The Bertz CT molecular complexity index is 650. The van der Waals surface area contributed by atoms with Crippen molar-refractivity contribution in [1.82, 2.24) is 0 Å². The van der Waals surface area contributed by atoms with Crippen LogP contribution in [0.3, 0.4) is 0 Å². The van der Waals surface area contributed by atoms with Crippen molar-refractivity contribution < 1.29 is 25.8 Å². The first-order valence-corrected chi connectivity index (χ1v) is 11.6. The first-order chi connectivity index (χ1) is 10.4. The fourth-order valence-corrected chi connectivity index (χ4v) is 4.75. The highest BCUT2D eigenvalue weighted by molar-refractivity contribution is 7.88. The second-order valence-corrected chi connectivity index (χ2v) is 11.2. The molecule has 0 heterocycles. The molecule has 1 aromatic carbocycles. The molecule has 0 spiro atoms. The first kappa shape index (κ1) is 21.7. The summed E-state index contributed by atoms with van der Waals surface area (Å²) in [6.07, 6.45) is 1.88. The minimum Gasteiger partial charge on any atom is -0.376 e. The maximum absolute atomic E-state index is 12.5. The lowest BCUT2D eigenvalue weighted by Crippen LogP contribution is -2.44. The Hall–Kier alpha value is -1.28. The molecular formula is C15H23F3O3SSi. The zero-order valence-electron chi connectivity index (χ0n) is 14.2. The molecule has 0 radical (unpaired) electrons. The number of alkyl halides is 3. The van der Waals surface area contributed by atoms with Gasteiger partial charge in [0.05, 0.1) is 0 Å². The molecule has 0 amide bonds. The predicted molar refractivity (Wildman–Crippen MR) is 89.9 cm³/mol. The summed E-state index contributed by atoms with van der Waals surface area (Å²) in [7, 11) is -7.95. The Kier molecular flexibility index (Phi) is 7.56. The van der Waals surface area contributed by atoms with Crippen LogP contribution in [0.4, 0.5) is 13.2 Å². The molecule has 1 rings (SSSR count). The minimum absolute atomic E-state index is 0.257. The van der Waals surface area contributed by atoms with Crippen molar-refractivity contribution in [1.29, 1.82) is 0 Å². The van der Waals surface area contributed by atoms with E-state index in [1.165, 1.54) is 12.1 Å². The van der Waals surface area contributed by atoms with Crippen LogP contribution in [0.2, 0.25) is 13.1 Å². The van der Waals surface area contributed by atoms with Gasteiger partial charge in [-0.25, -0.2) is 0 Å². The van der Waals surface area contributed by atoms with E-state index in [-0.39, 0.29) is 5.75 Å². The summed E-state index contributed by atoms with van der Waals surface area (Å²) in [5.41, 5.74) is -5.44. The van der Waals surface area contributed by atoms with Gasteiger partial charge in [0.25, 0.3) is 0 Å². The summed E-state index contributed by atoms with van der Waals surface area (Å²) < 4.78 is 64.1. The molecule has 0 N–H and O–H groups in total. The number of halogens is 3. The van der Waals surface area contributed by atoms with Crippen LogP contribution in [0.15, 0.2) is 35.5 Å². The highest BCUT2D eigenvalue weighted by atomic mass is 32.2. The lowest BCUT2D eigenvalue weighted by Gasteiger charge is -2.26. The van der Waals surface area contributed by atoms with E-state index in [4.69, 9.17) is 0 Å². The lowest BCUT2D eigenvalue weighted by atomic mass is 10.3. The van der Waals surface area contributed by atoms with Crippen molar-refractivity contribution in [2.24, 2.45) is 0 Å². The van der Waals surface area contributed by atoms with Crippen LogP contribution < -0.4 is 9.37 Å². The second kappa shape index (κ2) is 8.01. The number of rotatable bonds is 4. The second-order valence-electron chi connectivity index (χ2n) is 5.08. The largest absolute Gasteiger partial charge is 0.534 e. The van der Waals surface area contributed by atoms with Crippen LogP contribution in [0.25, 0.3) is 0 Å². The molecule has 0 saturated carbocycles. The molecular weight excluding hydrogens is 345 g/mol. The van der Waals surface area contributed by atoms with Crippen molar-refractivity contribution in [3.8, 4) is 5.75 Å². The molecule has 0 aromatic heterocycles. The van der Waals surface area contributed by atoms with Gasteiger partial charge in [-0.1, -0.05) is 56.4 Å². The van der Waals surface area contributed by atoms with Crippen LogP contribution >= 0.6 is 0 Å². The molecule has 0 unspecified atom stereocenters. The van der Waals surface area contributed by atoms with Gasteiger partial charge >= 0.3 is 15.6 Å². The van der Waals surface area contributed by atoms with Crippen molar-refractivity contribution in [2.45, 2.75) is 46.3 Å². The summed E-state index contributed by atoms with van der Waals surface area (Å²) in [6.45, 7) is 11.6. The molecule has 0 aliphatic carbocycles. The number of hydrogen-bond donors (Lipinski definition) is 0. The third-order valence-corrected chi connectivity index (χ3v) is 8.45. The Morgan fingerprint density at radius 2 is 1.65 bits per heavy atom. The van der Waals surface area contributed by atoms with Crippen molar-refractivity contribution in [2.75, 3.05) is 0 Å².